The van der Waals surface area contributed by atoms with Crippen LogP contribution in [0.2, 0.25) is 0 Å². The maximum absolute atomic E-state index is 3.21. The minimum atomic E-state index is 0.905. The Morgan fingerprint density at radius 3 is 2.38 bits per heavy atom. The van der Waals surface area contributed by atoms with Crippen LogP contribution in [0.4, 0.5) is 0 Å². The molecular weight excluding hydrogens is 156 g/mol. The molecule has 1 aliphatic carbocycles. The van der Waals surface area contributed by atoms with Crippen molar-refractivity contribution < 1.29 is 0 Å². The highest BCUT2D eigenvalue weighted by molar-refractivity contribution is 5.12. The lowest BCUT2D eigenvalue weighted by Crippen LogP contribution is -1.62. The summed E-state index contributed by atoms with van der Waals surface area (Å²) in [6.45, 7) is 0. The lowest BCUT2D eigenvalue weighted by Gasteiger charge is -1.81. The van der Waals surface area contributed by atoms with E-state index in [4.69, 9.17) is 0 Å². The van der Waals surface area contributed by atoms with Gasteiger partial charge in [0, 0.05) is 0 Å². The molecule has 0 heteroatoms. The molecule has 0 saturated heterocycles. The molecule has 0 aromatic heterocycles. The van der Waals surface area contributed by atoms with Gasteiger partial charge < -0.3 is 0 Å². The molecule has 0 bridgehead atoms. The van der Waals surface area contributed by atoms with E-state index in [0.29, 0.717) is 0 Å². The third-order valence-corrected chi connectivity index (χ3v) is 1.68. The minimum absolute atomic E-state index is 0.905. The molecule has 0 nitrogen and oxygen atoms in total. The first kappa shape index (κ1) is 9.79. The zero-order valence-electron chi connectivity index (χ0n) is 7.82. The molecule has 13 heavy (non-hydrogen) atoms. The largest absolute Gasteiger partial charge is 0.0844 e. The molecule has 0 aromatic carbocycles. The van der Waals surface area contributed by atoms with Gasteiger partial charge in [0.05, 0.1) is 0 Å². The predicted molar refractivity (Wildman–Crippen MR) is 58.2 cm³/mol. The van der Waals surface area contributed by atoms with Gasteiger partial charge in [0.1, 0.15) is 0 Å². The summed E-state index contributed by atoms with van der Waals surface area (Å²) in [5.74, 6) is 0. The molecule has 0 fully saturated rings. The number of allylic oxidation sites excluding steroid dienone is 10. The number of rotatable bonds is 0. The van der Waals surface area contributed by atoms with E-state index in [1.54, 1.807) is 0 Å². The predicted octanol–water partition coefficient (Wildman–Crippen LogP) is 3.75. The summed E-state index contributed by atoms with van der Waals surface area (Å²) in [5, 5.41) is 0. The van der Waals surface area contributed by atoms with E-state index in [0.717, 1.165) is 19.3 Å². The first-order valence-electron chi connectivity index (χ1n) is 4.68. The highest BCUT2D eigenvalue weighted by Gasteiger charge is 1.74. The van der Waals surface area contributed by atoms with Crippen LogP contribution < -0.4 is 0 Å². The average Bonchev–Trinajstić information content (AvgIpc) is 2.18. The molecule has 0 unspecified atom stereocenters. The Hall–Kier alpha value is -1.30. The molecule has 1 radical (unpaired) electrons. The lowest BCUT2D eigenvalue weighted by molar-refractivity contribution is 1.25. The van der Waals surface area contributed by atoms with E-state index >= 15 is 0 Å². The second-order valence-electron chi connectivity index (χ2n) is 2.80. The van der Waals surface area contributed by atoms with Gasteiger partial charge in [-0.05, 0) is 25.3 Å². The van der Waals surface area contributed by atoms with Crippen LogP contribution in [0, 0.1) is 6.08 Å². The summed E-state index contributed by atoms with van der Waals surface area (Å²) in [7, 11) is 0. The highest BCUT2D eigenvalue weighted by atomic mass is 13.8. The van der Waals surface area contributed by atoms with Crippen molar-refractivity contribution in [1.82, 2.24) is 0 Å². The third-order valence-electron chi connectivity index (χ3n) is 1.68. The highest BCUT2D eigenvalue weighted by Crippen LogP contribution is 1.94. The molecule has 67 valence electrons. The van der Waals surface area contributed by atoms with Crippen molar-refractivity contribution in [2.45, 2.75) is 19.3 Å². The SMILES string of the molecule is [C]1=CCC=CCC=CC=CC=CC1. The maximum atomic E-state index is 3.21. The first-order valence-corrected chi connectivity index (χ1v) is 4.68. The van der Waals surface area contributed by atoms with Crippen LogP contribution >= 0.6 is 0 Å². The fourth-order valence-corrected chi connectivity index (χ4v) is 1.01. The van der Waals surface area contributed by atoms with Crippen LogP contribution in [0.3, 0.4) is 0 Å². The van der Waals surface area contributed by atoms with E-state index in [9.17, 15) is 0 Å². The van der Waals surface area contributed by atoms with Crippen LogP contribution in [-0.4, -0.2) is 0 Å². The van der Waals surface area contributed by atoms with Crippen molar-refractivity contribution >= 4 is 0 Å². The summed E-state index contributed by atoms with van der Waals surface area (Å²) >= 11 is 0. The second-order valence-corrected chi connectivity index (χ2v) is 2.80. The van der Waals surface area contributed by atoms with E-state index in [-0.39, 0.29) is 0 Å². The normalized spacial score (nSPS) is 17.8. The fourth-order valence-electron chi connectivity index (χ4n) is 1.01. The van der Waals surface area contributed by atoms with Crippen molar-refractivity contribution in [2.75, 3.05) is 0 Å². The van der Waals surface area contributed by atoms with Crippen molar-refractivity contribution in [3.63, 3.8) is 0 Å². The van der Waals surface area contributed by atoms with Crippen LogP contribution in [0.1, 0.15) is 19.3 Å². The van der Waals surface area contributed by atoms with Crippen molar-refractivity contribution in [3.05, 3.63) is 60.8 Å². The third kappa shape index (κ3) is 5.92. The fraction of sp³-hybridized carbons (Fsp3) is 0.231. The van der Waals surface area contributed by atoms with Gasteiger partial charge in [0.2, 0.25) is 0 Å². The van der Waals surface area contributed by atoms with Gasteiger partial charge in [0.15, 0.2) is 0 Å². The van der Waals surface area contributed by atoms with Gasteiger partial charge in [0.25, 0.3) is 0 Å². The van der Waals surface area contributed by atoms with E-state index in [2.05, 4.69) is 48.6 Å². The van der Waals surface area contributed by atoms with E-state index < -0.39 is 0 Å². The Labute approximate surface area is 80.7 Å². The van der Waals surface area contributed by atoms with Crippen molar-refractivity contribution in [3.8, 4) is 0 Å². The van der Waals surface area contributed by atoms with Crippen LogP contribution in [0.25, 0.3) is 0 Å². The first-order chi connectivity index (χ1) is 6.50. The Bertz CT molecular complexity index is 223. The Morgan fingerprint density at radius 2 is 1.46 bits per heavy atom. The summed E-state index contributed by atoms with van der Waals surface area (Å²) in [4.78, 5) is 0. The molecule has 0 N–H and O–H groups in total. The molecule has 1 aliphatic rings. The topological polar surface area (TPSA) is 0 Å². The van der Waals surface area contributed by atoms with Crippen molar-refractivity contribution in [2.24, 2.45) is 0 Å². The summed E-state index contributed by atoms with van der Waals surface area (Å²) in [6.07, 6.45) is 25.0. The molecule has 0 heterocycles. The summed E-state index contributed by atoms with van der Waals surface area (Å²) in [5.41, 5.74) is 0. The maximum Gasteiger partial charge on any atom is -0.00946 e. The molecule has 0 aromatic rings. The summed E-state index contributed by atoms with van der Waals surface area (Å²) in [6, 6.07) is 0. The average molecular weight is 171 g/mol. The zero-order chi connectivity index (χ0) is 9.19. The Kier molecular flexibility index (Phi) is 5.54. The van der Waals surface area contributed by atoms with Gasteiger partial charge in [-0.15, -0.1) is 0 Å². The van der Waals surface area contributed by atoms with Crippen LogP contribution in [-0.2, 0) is 0 Å². The monoisotopic (exact) mass is 171 g/mol. The van der Waals surface area contributed by atoms with Gasteiger partial charge in [-0.1, -0.05) is 54.7 Å². The van der Waals surface area contributed by atoms with Crippen LogP contribution in [0.15, 0.2) is 54.7 Å². The molecule has 0 spiro atoms. The summed E-state index contributed by atoms with van der Waals surface area (Å²) < 4.78 is 0. The van der Waals surface area contributed by atoms with Crippen molar-refractivity contribution in [1.29, 1.82) is 0 Å². The quantitative estimate of drug-likeness (QED) is 0.487. The van der Waals surface area contributed by atoms with E-state index in [1.165, 1.54) is 0 Å². The van der Waals surface area contributed by atoms with E-state index in [1.807, 2.05) is 12.2 Å². The second kappa shape index (κ2) is 7.35. The molecule has 0 atom stereocenters. The molecule has 1 rings (SSSR count). The van der Waals surface area contributed by atoms with Gasteiger partial charge in [-0.2, -0.15) is 0 Å². The molecule has 0 amide bonds. The molecular formula is C13H15. The zero-order valence-corrected chi connectivity index (χ0v) is 7.82. The smallest absolute Gasteiger partial charge is 0.00946 e. The standard InChI is InChI=1S/C13H15/c1-2-4-6-8-10-12-13-11-9-7-5-3-1/h1-6,9,11-12H,7-8,13H2. The molecule has 0 saturated carbocycles. The number of hydrogen-bond donors (Lipinski definition) is 0. The molecule has 0 aliphatic heterocycles. The van der Waals surface area contributed by atoms with Gasteiger partial charge in [-0.3, -0.25) is 0 Å². The minimum Gasteiger partial charge on any atom is -0.0844 e. The van der Waals surface area contributed by atoms with Gasteiger partial charge >= 0.3 is 0 Å². The number of hydrogen-bond acceptors (Lipinski definition) is 0. The Morgan fingerprint density at radius 1 is 0.692 bits per heavy atom. The Balaban J connectivity index is 2.49. The lowest BCUT2D eigenvalue weighted by atomic mass is 10.3. The van der Waals surface area contributed by atoms with Gasteiger partial charge in [-0.25, -0.2) is 0 Å². The van der Waals surface area contributed by atoms with Crippen LogP contribution in [0.5, 0.6) is 0 Å².